The second kappa shape index (κ2) is 4.25. The minimum absolute atomic E-state index is 0.378. The van der Waals surface area contributed by atoms with Crippen LogP contribution in [-0.2, 0) is 4.74 Å². The molecular weight excluding hydrogens is 170 g/mol. The van der Waals surface area contributed by atoms with Crippen LogP contribution in [0.5, 0.6) is 0 Å². The number of methoxy groups -OCH3 is 1. The zero-order chi connectivity index (χ0) is 9.68. The summed E-state index contributed by atoms with van der Waals surface area (Å²) in [5, 5.41) is 11.2. The van der Waals surface area contributed by atoms with Crippen LogP contribution in [0.25, 0.3) is 0 Å². The van der Waals surface area contributed by atoms with Crippen molar-refractivity contribution >= 4 is 12.2 Å². The fraction of sp³-hybridized carbons (Fsp3) is 0.111. The van der Waals surface area contributed by atoms with Crippen molar-refractivity contribution in [2.45, 2.75) is 0 Å². The zero-order valence-electron chi connectivity index (χ0n) is 7.10. The first-order valence-electron chi connectivity index (χ1n) is 3.64. The maximum Gasteiger partial charge on any atom is 0.338 e. The number of hydrogen-bond acceptors (Lipinski definition) is 4. The first-order chi connectivity index (χ1) is 6.29. The van der Waals surface area contributed by atoms with E-state index in [1.165, 1.54) is 13.3 Å². The molecule has 0 aliphatic rings. The lowest BCUT2D eigenvalue weighted by Gasteiger charge is -2.01. The molecule has 0 atom stereocenters. The van der Waals surface area contributed by atoms with E-state index in [1.807, 2.05) is 0 Å². The van der Waals surface area contributed by atoms with Gasteiger partial charge in [0.25, 0.3) is 0 Å². The Morgan fingerprint density at radius 3 is 2.85 bits per heavy atom. The predicted octanol–water partition coefficient (Wildman–Crippen LogP) is 1.28. The molecule has 0 aliphatic heterocycles. The zero-order valence-corrected chi connectivity index (χ0v) is 7.10. The maximum absolute atomic E-state index is 11.1. The van der Waals surface area contributed by atoms with Crippen LogP contribution in [-0.4, -0.2) is 24.5 Å². The van der Waals surface area contributed by atoms with Gasteiger partial charge in [-0.15, -0.1) is 0 Å². The molecule has 1 rings (SSSR count). The van der Waals surface area contributed by atoms with Gasteiger partial charge in [0, 0.05) is 5.56 Å². The summed E-state index contributed by atoms with van der Waals surface area (Å²) < 4.78 is 4.54. The number of esters is 1. The van der Waals surface area contributed by atoms with Crippen molar-refractivity contribution in [3.8, 4) is 0 Å². The summed E-state index contributed by atoms with van der Waals surface area (Å²) in [6, 6.07) is 6.71. The largest absolute Gasteiger partial charge is 0.465 e. The summed E-state index contributed by atoms with van der Waals surface area (Å²) in [6.07, 6.45) is 1.19. The van der Waals surface area contributed by atoms with Gasteiger partial charge in [0.15, 0.2) is 0 Å². The number of carbonyl (C=O) groups excluding carboxylic acids is 1. The van der Waals surface area contributed by atoms with Crippen molar-refractivity contribution in [2.75, 3.05) is 7.11 Å². The first kappa shape index (κ1) is 9.25. The third kappa shape index (κ3) is 2.05. The number of carbonyl (C=O) groups is 1. The van der Waals surface area contributed by atoms with Gasteiger partial charge in [-0.1, -0.05) is 23.4 Å². The number of nitrogens with zero attached hydrogens (tertiary/aromatic N) is 1. The van der Waals surface area contributed by atoms with E-state index in [1.54, 1.807) is 24.3 Å². The van der Waals surface area contributed by atoms with Crippen LogP contribution in [0.1, 0.15) is 15.9 Å². The van der Waals surface area contributed by atoms with Crippen LogP contribution in [0.4, 0.5) is 0 Å². The fourth-order valence-corrected chi connectivity index (χ4v) is 0.968. The maximum atomic E-state index is 11.1. The van der Waals surface area contributed by atoms with Crippen molar-refractivity contribution < 1.29 is 14.7 Å². The number of hydrogen-bond donors (Lipinski definition) is 1. The second-order valence-electron chi connectivity index (χ2n) is 2.32. The van der Waals surface area contributed by atoms with Crippen molar-refractivity contribution in [3.63, 3.8) is 0 Å². The molecule has 0 unspecified atom stereocenters. The van der Waals surface area contributed by atoms with E-state index in [9.17, 15) is 4.79 Å². The Bertz CT molecular complexity index is 333. The molecule has 0 saturated heterocycles. The van der Waals surface area contributed by atoms with Gasteiger partial charge in [-0.05, 0) is 6.07 Å². The quantitative estimate of drug-likeness (QED) is 0.322. The van der Waals surface area contributed by atoms with Gasteiger partial charge in [-0.3, -0.25) is 0 Å². The molecule has 1 aromatic carbocycles. The molecule has 1 N–H and O–H groups in total. The lowest BCUT2D eigenvalue weighted by atomic mass is 10.1. The molecule has 0 spiro atoms. The van der Waals surface area contributed by atoms with Crippen molar-refractivity contribution in [3.05, 3.63) is 35.4 Å². The molecule has 0 aromatic heterocycles. The summed E-state index contributed by atoms with van der Waals surface area (Å²) in [4.78, 5) is 11.1. The summed E-state index contributed by atoms with van der Waals surface area (Å²) in [5.41, 5.74) is 0.902. The Hall–Kier alpha value is -1.84. The molecule has 4 heteroatoms. The molecular formula is C9H9NO3. The minimum Gasteiger partial charge on any atom is -0.465 e. The monoisotopic (exact) mass is 179 g/mol. The molecule has 0 saturated carbocycles. The Labute approximate surface area is 75.4 Å². The minimum atomic E-state index is -0.449. The Morgan fingerprint density at radius 1 is 1.54 bits per heavy atom. The standard InChI is InChI=1S/C9H9NO3/c1-13-9(11)8-5-3-2-4-7(8)6-10-12/h2-6,12H,1H3. The molecule has 0 radical (unpaired) electrons. The summed E-state index contributed by atoms with van der Waals surface area (Å²) in [6.45, 7) is 0. The van der Waals surface area contributed by atoms with Crippen LogP contribution >= 0.6 is 0 Å². The number of rotatable bonds is 2. The molecule has 0 aliphatic carbocycles. The first-order valence-corrected chi connectivity index (χ1v) is 3.64. The highest BCUT2D eigenvalue weighted by atomic mass is 16.5. The topological polar surface area (TPSA) is 58.9 Å². The Kier molecular flexibility index (Phi) is 3.03. The van der Waals surface area contributed by atoms with E-state index in [4.69, 9.17) is 5.21 Å². The highest BCUT2D eigenvalue weighted by molar-refractivity contribution is 5.99. The number of benzene rings is 1. The van der Waals surface area contributed by atoms with Gasteiger partial charge >= 0.3 is 5.97 Å². The van der Waals surface area contributed by atoms with Gasteiger partial charge < -0.3 is 9.94 Å². The average molecular weight is 179 g/mol. The Morgan fingerprint density at radius 2 is 2.23 bits per heavy atom. The predicted molar refractivity (Wildman–Crippen MR) is 47.2 cm³/mol. The van der Waals surface area contributed by atoms with Crippen LogP contribution in [0.3, 0.4) is 0 Å². The van der Waals surface area contributed by atoms with E-state index < -0.39 is 5.97 Å². The van der Waals surface area contributed by atoms with Gasteiger partial charge in [0.2, 0.25) is 0 Å². The molecule has 0 fully saturated rings. The van der Waals surface area contributed by atoms with E-state index in [-0.39, 0.29) is 0 Å². The smallest absolute Gasteiger partial charge is 0.338 e. The van der Waals surface area contributed by atoms with E-state index in [0.717, 1.165) is 0 Å². The van der Waals surface area contributed by atoms with Crippen LogP contribution in [0, 0.1) is 0 Å². The summed E-state index contributed by atoms with van der Waals surface area (Å²) in [5.74, 6) is -0.449. The number of oxime groups is 1. The average Bonchev–Trinajstić information content (AvgIpc) is 2.18. The molecule has 0 amide bonds. The van der Waals surface area contributed by atoms with Crippen LogP contribution < -0.4 is 0 Å². The van der Waals surface area contributed by atoms with Gasteiger partial charge in [-0.25, -0.2) is 4.79 Å². The van der Waals surface area contributed by atoms with Crippen LogP contribution in [0.15, 0.2) is 29.4 Å². The van der Waals surface area contributed by atoms with E-state index in [2.05, 4.69) is 9.89 Å². The van der Waals surface area contributed by atoms with Crippen molar-refractivity contribution in [1.82, 2.24) is 0 Å². The third-order valence-electron chi connectivity index (χ3n) is 1.56. The van der Waals surface area contributed by atoms with E-state index >= 15 is 0 Å². The lowest BCUT2D eigenvalue weighted by Crippen LogP contribution is -2.04. The van der Waals surface area contributed by atoms with Gasteiger partial charge in [-0.2, -0.15) is 0 Å². The van der Waals surface area contributed by atoms with E-state index in [0.29, 0.717) is 11.1 Å². The van der Waals surface area contributed by atoms with Gasteiger partial charge in [0.05, 0.1) is 18.9 Å². The lowest BCUT2D eigenvalue weighted by molar-refractivity contribution is 0.0600. The fourth-order valence-electron chi connectivity index (χ4n) is 0.968. The molecule has 13 heavy (non-hydrogen) atoms. The third-order valence-corrected chi connectivity index (χ3v) is 1.56. The van der Waals surface area contributed by atoms with Crippen molar-refractivity contribution in [2.24, 2.45) is 5.16 Å². The SMILES string of the molecule is COC(=O)c1ccccc1C=NO. The van der Waals surface area contributed by atoms with Crippen molar-refractivity contribution in [1.29, 1.82) is 0 Å². The Balaban J connectivity index is 3.11. The highest BCUT2D eigenvalue weighted by Crippen LogP contribution is 2.07. The molecule has 68 valence electrons. The second-order valence-corrected chi connectivity index (χ2v) is 2.32. The molecule has 0 heterocycles. The van der Waals surface area contributed by atoms with Gasteiger partial charge in [0.1, 0.15) is 0 Å². The van der Waals surface area contributed by atoms with Crippen LogP contribution in [0.2, 0.25) is 0 Å². The number of ether oxygens (including phenoxy) is 1. The molecule has 0 bridgehead atoms. The molecule has 1 aromatic rings. The highest BCUT2D eigenvalue weighted by Gasteiger charge is 2.08. The summed E-state index contributed by atoms with van der Waals surface area (Å²) >= 11 is 0. The molecule has 4 nitrogen and oxygen atoms in total. The normalized spacial score (nSPS) is 10.2. The summed E-state index contributed by atoms with van der Waals surface area (Å²) in [7, 11) is 1.30.